The van der Waals surface area contributed by atoms with Crippen LogP contribution in [-0.4, -0.2) is 37.6 Å². The standard InChI is InChI=1S/C22H21NO6S/c1-12-16-10-15(27-3)6-7-19(16)29-21(12)22(26)28-11-18(25)14-5-8-20(30-4)17(9-14)23-13(2)24/h5-10H,11H2,1-4H3,(H,23,24). The van der Waals surface area contributed by atoms with Gasteiger partial charge in [0.05, 0.1) is 12.8 Å². The number of rotatable bonds is 7. The molecule has 30 heavy (non-hydrogen) atoms. The minimum Gasteiger partial charge on any atom is -0.497 e. The Kier molecular flexibility index (Phi) is 6.47. The van der Waals surface area contributed by atoms with Gasteiger partial charge in [-0.3, -0.25) is 9.59 Å². The summed E-state index contributed by atoms with van der Waals surface area (Å²) in [5.41, 5.74) is 2.00. The molecule has 7 nitrogen and oxygen atoms in total. The number of amides is 1. The molecule has 0 atom stereocenters. The van der Waals surface area contributed by atoms with E-state index in [1.54, 1.807) is 50.4 Å². The fraction of sp³-hybridized carbons (Fsp3) is 0.227. The Morgan fingerprint density at radius 1 is 1.13 bits per heavy atom. The summed E-state index contributed by atoms with van der Waals surface area (Å²) in [6, 6.07) is 10.2. The van der Waals surface area contributed by atoms with Crippen molar-refractivity contribution >= 4 is 46.1 Å². The zero-order chi connectivity index (χ0) is 21.8. The number of anilines is 1. The molecule has 0 aliphatic rings. The zero-order valence-electron chi connectivity index (χ0n) is 17.0. The lowest BCUT2D eigenvalue weighted by molar-refractivity contribution is -0.114. The predicted molar refractivity (Wildman–Crippen MR) is 115 cm³/mol. The average Bonchev–Trinajstić information content (AvgIpc) is 3.07. The second kappa shape index (κ2) is 9.04. The maximum Gasteiger partial charge on any atom is 0.375 e. The highest BCUT2D eigenvalue weighted by molar-refractivity contribution is 7.98. The highest BCUT2D eigenvalue weighted by atomic mass is 32.2. The summed E-state index contributed by atoms with van der Waals surface area (Å²) in [4.78, 5) is 37.2. The third-order valence-electron chi connectivity index (χ3n) is 4.50. The van der Waals surface area contributed by atoms with Crippen LogP contribution in [0.3, 0.4) is 0 Å². The molecule has 3 rings (SSSR count). The number of hydrogen-bond acceptors (Lipinski definition) is 7. The number of nitrogens with one attached hydrogen (secondary N) is 1. The molecule has 0 fully saturated rings. The first-order valence-corrected chi connectivity index (χ1v) is 10.3. The van der Waals surface area contributed by atoms with Crippen molar-refractivity contribution in [3.05, 3.63) is 53.3 Å². The second-order valence-corrected chi connectivity index (χ2v) is 7.36. The predicted octanol–water partition coefficient (Wildman–Crippen LogP) is 4.47. The van der Waals surface area contributed by atoms with Gasteiger partial charge in [0.25, 0.3) is 0 Å². The Morgan fingerprint density at radius 2 is 1.90 bits per heavy atom. The largest absolute Gasteiger partial charge is 0.497 e. The van der Waals surface area contributed by atoms with Crippen LogP contribution < -0.4 is 10.1 Å². The topological polar surface area (TPSA) is 94.8 Å². The Bertz CT molecular complexity index is 1130. The van der Waals surface area contributed by atoms with Crippen molar-refractivity contribution in [1.29, 1.82) is 0 Å². The van der Waals surface area contributed by atoms with Crippen LogP contribution in [0.25, 0.3) is 11.0 Å². The first-order valence-electron chi connectivity index (χ1n) is 9.07. The van der Waals surface area contributed by atoms with Crippen molar-refractivity contribution in [3.63, 3.8) is 0 Å². The normalized spacial score (nSPS) is 10.7. The first-order chi connectivity index (χ1) is 14.3. The molecule has 0 unspecified atom stereocenters. The van der Waals surface area contributed by atoms with Crippen molar-refractivity contribution < 1.29 is 28.3 Å². The fourth-order valence-corrected chi connectivity index (χ4v) is 3.50. The SMILES string of the molecule is COc1ccc2oc(C(=O)OCC(=O)c3ccc(SC)c(NC(C)=O)c3)c(C)c2c1. The number of carbonyl (C=O) groups excluding carboxylic acids is 3. The molecule has 0 saturated carbocycles. The summed E-state index contributed by atoms with van der Waals surface area (Å²) in [6.45, 7) is 2.69. The van der Waals surface area contributed by atoms with Gasteiger partial charge < -0.3 is 19.2 Å². The minimum atomic E-state index is -0.723. The van der Waals surface area contributed by atoms with Crippen LogP contribution in [-0.2, 0) is 9.53 Å². The van der Waals surface area contributed by atoms with Gasteiger partial charge in [0.15, 0.2) is 12.4 Å². The van der Waals surface area contributed by atoms with Gasteiger partial charge in [0, 0.05) is 28.3 Å². The van der Waals surface area contributed by atoms with Crippen LogP contribution in [0.1, 0.15) is 33.4 Å². The van der Waals surface area contributed by atoms with E-state index in [0.717, 1.165) is 10.3 Å². The number of furan rings is 1. The first kappa shape index (κ1) is 21.4. The van der Waals surface area contributed by atoms with E-state index in [9.17, 15) is 14.4 Å². The number of carbonyl (C=O) groups is 3. The summed E-state index contributed by atoms with van der Waals surface area (Å²) in [6.07, 6.45) is 1.87. The van der Waals surface area contributed by atoms with Crippen LogP contribution in [0.15, 0.2) is 45.7 Å². The van der Waals surface area contributed by atoms with Crippen LogP contribution >= 0.6 is 11.8 Å². The second-order valence-electron chi connectivity index (χ2n) is 6.51. The molecule has 0 radical (unpaired) electrons. The van der Waals surface area contributed by atoms with E-state index in [2.05, 4.69) is 5.32 Å². The number of aryl methyl sites for hydroxylation is 1. The van der Waals surface area contributed by atoms with Crippen molar-refractivity contribution in [1.82, 2.24) is 0 Å². The van der Waals surface area contributed by atoms with Crippen molar-refractivity contribution in [2.45, 2.75) is 18.7 Å². The summed E-state index contributed by atoms with van der Waals surface area (Å²) in [5, 5.41) is 3.43. The van der Waals surface area contributed by atoms with E-state index < -0.39 is 18.4 Å². The smallest absolute Gasteiger partial charge is 0.375 e. The quantitative estimate of drug-likeness (QED) is 0.338. The van der Waals surface area contributed by atoms with Gasteiger partial charge in [-0.05, 0) is 43.5 Å². The number of hydrogen-bond donors (Lipinski definition) is 1. The number of benzene rings is 2. The van der Waals surface area contributed by atoms with E-state index in [-0.39, 0.29) is 11.7 Å². The Balaban J connectivity index is 1.74. The van der Waals surface area contributed by atoms with Gasteiger partial charge in [-0.15, -0.1) is 11.8 Å². The van der Waals surface area contributed by atoms with E-state index in [1.165, 1.54) is 18.7 Å². The number of esters is 1. The van der Waals surface area contributed by atoms with Crippen LogP contribution in [0.2, 0.25) is 0 Å². The molecule has 3 aromatic rings. The molecule has 2 aromatic carbocycles. The van der Waals surface area contributed by atoms with E-state index >= 15 is 0 Å². The van der Waals surface area contributed by atoms with Gasteiger partial charge >= 0.3 is 5.97 Å². The van der Waals surface area contributed by atoms with Gasteiger partial charge in [0.1, 0.15) is 11.3 Å². The number of Topliss-reactive ketones (excluding diaryl/α,β-unsaturated/α-hetero) is 1. The molecule has 156 valence electrons. The van der Waals surface area contributed by atoms with Crippen LogP contribution in [0.5, 0.6) is 5.75 Å². The van der Waals surface area contributed by atoms with Crippen LogP contribution in [0.4, 0.5) is 5.69 Å². The lowest BCUT2D eigenvalue weighted by Gasteiger charge is -2.10. The maximum absolute atomic E-state index is 12.5. The lowest BCUT2D eigenvalue weighted by Crippen LogP contribution is -2.15. The van der Waals surface area contributed by atoms with Gasteiger partial charge in [-0.25, -0.2) is 4.79 Å². The van der Waals surface area contributed by atoms with Gasteiger partial charge in [-0.2, -0.15) is 0 Å². The molecular formula is C22H21NO6S. The van der Waals surface area contributed by atoms with E-state index in [4.69, 9.17) is 13.9 Å². The van der Waals surface area contributed by atoms with Crippen molar-refractivity contribution in [2.24, 2.45) is 0 Å². The molecular weight excluding hydrogens is 406 g/mol. The molecule has 1 amide bonds. The summed E-state index contributed by atoms with van der Waals surface area (Å²) in [5.74, 6) is -0.664. The number of methoxy groups -OCH3 is 1. The molecule has 1 heterocycles. The third kappa shape index (κ3) is 4.49. The zero-order valence-corrected chi connectivity index (χ0v) is 17.8. The Labute approximate surface area is 177 Å². The number of thioether (sulfide) groups is 1. The minimum absolute atomic E-state index is 0.0442. The highest BCUT2D eigenvalue weighted by Crippen LogP contribution is 2.29. The lowest BCUT2D eigenvalue weighted by atomic mass is 10.1. The molecule has 0 spiro atoms. The molecule has 0 aliphatic heterocycles. The van der Waals surface area contributed by atoms with Crippen molar-refractivity contribution in [3.8, 4) is 5.75 Å². The molecule has 0 aliphatic carbocycles. The molecule has 0 bridgehead atoms. The van der Waals surface area contributed by atoms with E-state index in [1.807, 2.05) is 6.26 Å². The maximum atomic E-state index is 12.5. The molecule has 1 aromatic heterocycles. The number of ketones is 1. The van der Waals surface area contributed by atoms with Gasteiger partial charge in [-0.1, -0.05) is 6.07 Å². The molecule has 8 heteroatoms. The Hall–Kier alpha value is -3.26. The monoisotopic (exact) mass is 427 g/mol. The average molecular weight is 427 g/mol. The molecule has 1 N–H and O–H groups in total. The summed E-state index contributed by atoms with van der Waals surface area (Å²) < 4.78 is 16.0. The number of fused-ring (bicyclic) bond motifs is 1. The third-order valence-corrected chi connectivity index (χ3v) is 5.29. The van der Waals surface area contributed by atoms with E-state index in [0.29, 0.717) is 28.1 Å². The van der Waals surface area contributed by atoms with Crippen LogP contribution in [0, 0.1) is 6.92 Å². The summed E-state index contributed by atoms with van der Waals surface area (Å²) in [7, 11) is 1.56. The highest BCUT2D eigenvalue weighted by Gasteiger charge is 2.21. The summed E-state index contributed by atoms with van der Waals surface area (Å²) >= 11 is 1.45. The Morgan fingerprint density at radius 3 is 2.57 bits per heavy atom. The van der Waals surface area contributed by atoms with Crippen molar-refractivity contribution in [2.75, 3.05) is 25.3 Å². The fourth-order valence-electron chi connectivity index (χ4n) is 2.97. The van der Waals surface area contributed by atoms with Gasteiger partial charge in [0.2, 0.25) is 11.7 Å². The number of ether oxygens (including phenoxy) is 2. The molecule has 0 saturated heterocycles.